The zero-order chi connectivity index (χ0) is 13.8. The summed E-state index contributed by atoms with van der Waals surface area (Å²) < 4.78 is 26.1. The normalized spacial score (nSPS) is 11.5. The van der Waals surface area contributed by atoms with E-state index in [0.29, 0.717) is 10.7 Å². The molecule has 0 heterocycles. The molecule has 2 nitrogen and oxygen atoms in total. The summed E-state index contributed by atoms with van der Waals surface area (Å²) in [7, 11) is 0. The van der Waals surface area contributed by atoms with Gasteiger partial charge in [-0.2, -0.15) is 5.10 Å². The molecule has 0 aromatic heterocycles. The summed E-state index contributed by atoms with van der Waals surface area (Å²) in [5, 5.41) is 4.68. The summed E-state index contributed by atoms with van der Waals surface area (Å²) in [6, 6.07) is 10.4. The zero-order valence-electron chi connectivity index (χ0n) is 10.1. The number of hydrogen-bond acceptors (Lipinski definition) is 2. The van der Waals surface area contributed by atoms with Crippen molar-refractivity contribution in [3.05, 3.63) is 64.7 Å². The van der Waals surface area contributed by atoms with Gasteiger partial charge in [0.25, 0.3) is 0 Å². The van der Waals surface area contributed by atoms with E-state index in [1.165, 1.54) is 12.1 Å². The summed E-state index contributed by atoms with van der Waals surface area (Å²) in [5.74, 6) is -1.31. The van der Waals surface area contributed by atoms with Crippen LogP contribution in [0.15, 0.2) is 47.6 Å². The molecule has 5 heteroatoms. The Kier molecular flexibility index (Phi) is 4.12. The number of anilines is 1. The molecule has 1 N–H and O–H groups in total. The SMILES string of the molecule is C/C(=N/Nc1ccc(F)cc1F)c1ccc(Cl)cc1. The Bertz CT molecular complexity index is 609. The summed E-state index contributed by atoms with van der Waals surface area (Å²) >= 11 is 5.78. The van der Waals surface area contributed by atoms with Gasteiger partial charge in [0.1, 0.15) is 5.82 Å². The van der Waals surface area contributed by atoms with E-state index in [9.17, 15) is 8.78 Å². The Morgan fingerprint density at radius 2 is 1.79 bits per heavy atom. The molecular weight excluding hydrogens is 270 g/mol. The lowest BCUT2D eigenvalue weighted by molar-refractivity contribution is 0.585. The quantitative estimate of drug-likeness (QED) is 0.652. The van der Waals surface area contributed by atoms with Crippen LogP contribution in [0.4, 0.5) is 14.5 Å². The second-order valence-electron chi connectivity index (χ2n) is 3.94. The number of hydrogen-bond donors (Lipinski definition) is 1. The highest BCUT2D eigenvalue weighted by Gasteiger charge is 2.03. The monoisotopic (exact) mass is 280 g/mol. The fourth-order valence-electron chi connectivity index (χ4n) is 1.48. The Morgan fingerprint density at radius 1 is 1.11 bits per heavy atom. The first kappa shape index (κ1) is 13.5. The molecular formula is C14H11ClF2N2. The molecule has 2 aromatic carbocycles. The lowest BCUT2D eigenvalue weighted by Gasteiger charge is -2.05. The Morgan fingerprint density at radius 3 is 2.42 bits per heavy atom. The van der Waals surface area contributed by atoms with Gasteiger partial charge >= 0.3 is 0 Å². The van der Waals surface area contributed by atoms with Crippen LogP contribution in [-0.4, -0.2) is 5.71 Å². The van der Waals surface area contributed by atoms with Crippen molar-refractivity contribution >= 4 is 23.0 Å². The van der Waals surface area contributed by atoms with E-state index >= 15 is 0 Å². The first-order chi connectivity index (χ1) is 9.06. The largest absolute Gasteiger partial charge is 0.275 e. The van der Waals surface area contributed by atoms with E-state index in [1.807, 2.05) is 12.1 Å². The molecule has 19 heavy (non-hydrogen) atoms. The molecule has 0 saturated heterocycles. The smallest absolute Gasteiger partial charge is 0.151 e. The van der Waals surface area contributed by atoms with Crippen molar-refractivity contribution < 1.29 is 8.78 Å². The molecule has 0 aliphatic heterocycles. The van der Waals surface area contributed by atoms with E-state index in [2.05, 4.69) is 10.5 Å². The predicted octanol–water partition coefficient (Wildman–Crippen LogP) is 4.45. The molecule has 0 bridgehead atoms. The summed E-state index contributed by atoms with van der Waals surface area (Å²) in [5.41, 5.74) is 4.21. The van der Waals surface area contributed by atoms with Crippen LogP contribution in [0.2, 0.25) is 5.02 Å². The summed E-state index contributed by atoms with van der Waals surface area (Å²) in [6.07, 6.45) is 0. The van der Waals surface area contributed by atoms with Crippen molar-refractivity contribution in [3.8, 4) is 0 Å². The van der Waals surface area contributed by atoms with Gasteiger partial charge in [0.15, 0.2) is 5.82 Å². The predicted molar refractivity (Wildman–Crippen MR) is 73.6 cm³/mol. The van der Waals surface area contributed by atoms with Gasteiger partial charge in [-0.05, 0) is 36.8 Å². The van der Waals surface area contributed by atoms with Crippen LogP contribution in [0.5, 0.6) is 0 Å². The first-order valence-electron chi connectivity index (χ1n) is 5.57. The molecule has 2 rings (SSSR count). The van der Waals surface area contributed by atoms with Crippen molar-refractivity contribution in [3.63, 3.8) is 0 Å². The fourth-order valence-corrected chi connectivity index (χ4v) is 1.61. The third kappa shape index (κ3) is 3.51. The molecule has 0 radical (unpaired) electrons. The van der Waals surface area contributed by atoms with Gasteiger partial charge in [-0.1, -0.05) is 23.7 Å². The van der Waals surface area contributed by atoms with Crippen LogP contribution < -0.4 is 5.43 Å². The number of benzene rings is 2. The molecule has 98 valence electrons. The van der Waals surface area contributed by atoms with Gasteiger partial charge in [0.2, 0.25) is 0 Å². The maximum Gasteiger partial charge on any atom is 0.151 e. The maximum absolute atomic E-state index is 13.4. The molecule has 0 fully saturated rings. The van der Waals surface area contributed by atoms with Crippen LogP contribution in [0.1, 0.15) is 12.5 Å². The lowest BCUT2D eigenvalue weighted by atomic mass is 10.1. The molecule has 0 atom stereocenters. The van der Waals surface area contributed by atoms with Crippen molar-refractivity contribution in [2.45, 2.75) is 6.92 Å². The van der Waals surface area contributed by atoms with E-state index in [1.54, 1.807) is 19.1 Å². The molecule has 0 saturated carbocycles. The van der Waals surface area contributed by atoms with Crippen LogP contribution >= 0.6 is 11.6 Å². The average Bonchev–Trinajstić information content (AvgIpc) is 2.38. The molecule has 0 spiro atoms. The van der Waals surface area contributed by atoms with E-state index in [4.69, 9.17) is 11.6 Å². The topological polar surface area (TPSA) is 24.4 Å². The second kappa shape index (κ2) is 5.80. The first-order valence-corrected chi connectivity index (χ1v) is 5.95. The fraction of sp³-hybridized carbons (Fsp3) is 0.0714. The Labute approximate surface area is 114 Å². The Hall–Kier alpha value is -1.94. The number of rotatable bonds is 3. The molecule has 0 unspecified atom stereocenters. The van der Waals surface area contributed by atoms with Gasteiger partial charge in [-0.3, -0.25) is 5.43 Å². The number of nitrogens with one attached hydrogen (secondary N) is 1. The summed E-state index contributed by atoms with van der Waals surface area (Å²) in [6.45, 7) is 1.78. The number of halogens is 3. The Balaban J connectivity index is 2.15. The van der Waals surface area contributed by atoms with E-state index < -0.39 is 11.6 Å². The van der Waals surface area contributed by atoms with Crippen molar-refractivity contribution in [1.82, 2.24) is 0 Å². The van der Waals surface area contributed by atoms with Crippen molar-refractivity contribution in [2.75, 3.05) is 5.43 Å². The molecule has 0 aliphatic carbocycles. The van der Waals surface area contributed by atoms with Gasteiger partial charge in [-0.25, -0.2) is 8.78 Å². The van der Waals surface area contributed by atoms with Gasteiger partial charge in [0.05, 0.1) is 11.4 Å². The highest BCUT2D eigenvalue weighted by molar-refractivity contribution is 6.30. The number of hydrazone groups is 1. The highest BCUT2D eigenvalue weighted by atomic mass is 35.5. The average molecular weight is 281 g/mol. The highest BCUT2D eigenvalue weighted by Crippen LogP contribution is 2.15. The van der Waals surface area contributed by atoms with Gasteiger partial charge in [-0.15, -0.1) is 0 Å². The third-order valence-corrected chi connectivity index (χ3v) is 2.79. The zero-order valence-corrected chi connectivity index (χ0v) is 10.9. The molecule has 0 amide bonds. The molecule has 0 aliphatic rings. The van der Waals surface area contributed by atoms with Crippen molar-refractivity contribution in [2.24, 2.45) is 5.10 Å². The van der Waals surface area contributed by atoms with Crippen molar-refractivity contribution in [1.29, 1.82) is 0 Å². The lowest BCUT2D eigenvalue weighted by Crippen LogP contribution is -2.01. The van der Waals surface area contributed by atoms with Crippen LogP contribution in [0.3, 0.4) is 0 Å². The standard InChI is InChI=1S/C14H11ClF2N2/c1-9(10-2-4-11(15)5-3-10)18-19-14-7-6-12(16)8-13(14)17/h2-8,19H,1H3/b18-9-. The van der Waals surface area contributed by atoms with Gasteiger partial charge in [0, 0.05) is 11.1 Å². The minimum Gasteiger partial charge on any atom is -0.275 e. The molecule has 2 aromatic rings. The van der Waals surface area contributed by atoms with E-state index in [0.717, 1.165) is 11.6 Å². The summed E-state index contributed by atoms with van der Waals surface area (Å²) in [4.78, 5) is 0. The van der Waals surface area contributed by atoms with E-state index in [-0.39, 0.29) is 5.69 Å². The minimum atomic E-state index is -0.687. The maximum atomic E-state index is 13.4. The second-order valence-corrected chi connectivity index (χ2v) is 4.38. The van der Waals surface area contributed by atoms with Crippen LogP contribution in [-0.2, 0) is 0 Å². The number of nitrogens with zero attached hydrogens (tertiary/aromatic N) is 1. The van der Waals surface area contributed by atoms with Gasteiger partial charge < -0.3 is 0 Å². The van der Waals surface area contributed by atoms with Crippen LogP contribution in [0.25, 0.3) is 0 Å². The minimum absolute atomic E-state index is 0.120. The van der Waals surface area contributed by atoms with Crippen LogP contribution in [0, 0.1) is 11.6 Å². The third-order valence-electron chi connectivity index (χ3n) is 2.54.